The Labute approximate surface area is 143 Å². The summed E-state index contributed by atoms with van der Waals surface area (Å²) in [6.45, 7) is 0.804. The highest BCUT2D eigenvalue weighted by Gasteiger charge is 2.14. The first-order valence-electron chi connectivity index (χ1n) is 7.49. The largest absolute Gasteiger partial charge is 0.356 e. The van der Waals surface area contributed by atoms with Crippen LogP contribution in [0.2, 0.25) is 0 Å². The Kier molecular flexibility index (Phi) is 8.64. The summed E-state index contributed by atoms with van der Waals surface area (Å²) in [7, 11) is 1.80. The van der Waals surface area contributed by atoms with E-state index in [0.717, 1.165) is 24.5 Å². The van der Waals surface area contributed by atoms with Crippen molar-refractivity contribution in [3.05, 3.63) is 35.6 Å². The molecule has 2 N–H and O–H groups in total. The Hall–Kier alpha value is -0.850. The molecule has 0 saturated heterocycles. The van der Waals surface area contributed by atoms with E-state index in [0.29, 0.717) is 6.04 Å². The molecule has 0 spiro atoms. The molecule has 1 aromatic rings. The zero-order chi connectivity index (χ0) is 14.2. The standard InChI is InChI=1S/C16H24FN3.HI/c1-18-16(20-15-5-3-2-4-6-15)19-12-11-13-7-9-14(17)10-8-13;/h7-10,15H,2-6,11-12H2,1H3,(H2,18,19,20);1H. The topological polar surface area (TPSA) is 36.4 Å². The molecule has 118 valence electrons. The average Bonchev–Trinajstić information content (AvgIpc) is 2.49. The SMILES string of the molecule is CN=C(NCCc1ccc(F)cc1)NC1CCCCC1.I. The summed E-state index contributed by atoms with van der Waals surface area (Å²) in [5.74, 6) is 0.690. The molecule has 0 amide bonds. The monoisotopic (exact) mass is 405 g/mol. The molecule has 0 heterocycles. The van der Waals surface area contributed by atoms with E-state index >= 15 is 0 Å². The second kappa shape index (κ2) is 9.97. The van der Waals surface area contributed by atoms with Gasteiger partial charge >= 0.3 is 0 Å². The van der Waals surface area contributed by atoms with Crippen LogP contribution in [0.15, 0.2) is 29.3 Å². The maximum Gasteiger partial charge on any atom is 0.191 e. The highest BCUT2D eigenvalue weighted by Crippen LogP contribution is 2.17. The second-order valence-electron chi connectivity index (χ2n) is 5.35. The van der Waals surface area contributed by atoms with Gasteiger partial charge in [-0.25, -0.2) is 4.39 Å². The smallest absolute Gasteiger partial charge is 0.191 e. The number of aliphatic imine (C=N–C) groups is 1. The number of guanidine groups is 1. The molecule has 2 rings (SSSR count). The summed E-state index contributed by atoms with van der Waals surface area (Å²) in [4.78, 5) is 4.26. The normalized spacial score (nSPS) is 16.2. The maximum atomic E-state index is 12.8. The van der Waals surface area contributed by atoms with Gasteiger partial charge in [-0.3, -0.25) is 4.99 Å². The van der Waals surface area contributed by atoms with Crippen molar-refractivity contribution in [2.75, 3.05) is 13.6 Å². The van der Waals surface area contributed by atoms with Gasteiger partial charge in [0.05, 0.1) is 0 Å². The third-order valence-corrected chi connectivity index (χ3v) is 3.79. The number of hydrogen-bond donors (Lipinski definition) is 2. The number of nitrogens with zero attached hydrogens (tertiary/aromatic N) is 1. The molecule has 1 aliphatic rings. The molecule has 0 aromatic heterocycles. The summed E-state index contributed by atoms with van der Waals surface area (Å²) >= 11 is 0. The molecular weight excluding hydrogens is 380 g/mol. The third-order valence-electron chi connectivity index (χ3n) is 3.79. The highest BCUT2D eigenvalue weighted by molar-refractivity contribution is 14.0. The molecule has 0 bridgehead atoms. The molecule has 21 heavy (non-hydrogen) atoms. The van der Waals surface area contributed by atoms with E-state index in [9.17, 15) is 4.39 Å². The van der Waals surface area contributed by atoms with Crippen LogP contribution in [0.25, 0.3) is 0 Å². The van der Waals surface area contributed by atoms with Gasteiger partial charge in [0.1, 0.15) is 5.82 Å². The summed E-state index contributed by atoms with van der Waals surface area (Å²) in [5, 5.41) is 6.80. The Morgan fingerprint density at radius 3 is 2.48 bits per heavy atom. The molecule has 1 saturated carbocycles. The zero-order valence-corrected chi connectivity index (χ0v) is 14.9. The Morgan fingerprint density at radius 2 is 1.86 bits per heavy atom. The van der Waals surface area contributed by atoms with Crippen molar-refractivity contribution in [3.8, 4) is 0 Å². The summed E-state index contributed by atoms with van der Waals surface area (Å²) in [6.07, 6.45) is 7.31. The first-order chi connectivity index (χ1) is 9.78. The summed E-state index contributed by atoms with van der Waals surface area (Å²) in [6, 6.07) is 7.22. The lowest BCUT2D eigenvalue weighted by Crippen LogP contribution is -2.44. The molecule has 5 heteroatoms. The van der Waals surface area contributed by atoms with Crippen LogP contribution in [-0.2, 0) is 6.42 Å². The van der Waals surface area contributed by atoms with E-state index in [4.69, 9.17) is 0 Å². The molecule has 1 fully saturated rings. The fraction of sp³-hybridized carbons (Fsp3) is 0.562. The summed E-state index contributed by atoms with van der Waals surface area (Å²) < 4.78 is 12.8. The van der Waals surface area contributed by atoms with Crippen molar-refractivity contribution >= 4 is 29.9 Å². The van der Waals surface area contributed by atoms with Crippen LogP contribution >= 0.6 is 24.0 Å². The Morgan fingerprint density at radius 1 is 1.19 bits per heavy atom. The van der Waals surface area contributed by atoms with Crippen molar-refractivity contribution < 1.29 is 4.39 Å². The summed E-state index contributed by atoms with van der Waals surface area (Å²) in [5.41, 5.74) is 1.13. The number of halogens is 2. The lowest BCUT2D eigenvalue weighted by Gasteiger charge is -2.24. The van der Waals surface area contributed by atoms with Crippen LogP contribution < -0.4 is 10.6 Å². The van der Waals surface area contributed by atoms with Crippen molar-refractivity contribution in [3.63, 3.8) is 0 Å². The molecule has 0 radical (unpaired) electrons. The molecule has 0 aliphatic heterocycles. The molecule has 1 aliphatic carbocycles. The first-order valence-corrected chi connectivity index (χ1v) is 7.49. The van der Waals surface area contributed by atoms with Crippen LogP contribution in [0.5, 0.6) is 0 Å². The second-order valence-corrected chi connectivity index (χ2v) is 5.35. The van der Waals surface area contributed by atoms with Crippen LogP contribution in [0.3, 0.4) is 0 Å². The van der Waals surface area contributed by atoms with Crippen molar-refractivity contribution in [1.82, 2.24) is 10.6 Å². The van der Waals surface area contributed by atoms with Crippen LogP contribution in [0, 0.1) is 5.82 Å². The first kappa shape index (κ1) is 18.2. The van der Waals surface area contributed by atoms with E-state index in [1.807, 2.05) is 12.1 Å². The van der Waals surface area contributed by atoms with E-state index in [1.54, 1.807) is 7.05 Å². The van der Waals surface area contributed by atoms with Crippen molar-refractivity contribution in [2.45, 2.75) is 44.6 Å². The fourth-order valence-electron chi connectivity index (χ4n) is 2.61. The number of rotatable bonds is 4. The minimum atomic E-state index is -0.184. The number of benzene rings is 1. The van der Waals surface area contributed by atoms with Crippen molar-refractivity contribution in [1.29, 1.82) is 0 Å². The van der Waals surface area contributed by atoms with Gasteiger partial charge in [0.2, 0.25) is 0 Å². The predicted octanol–water partition coefficient (Wildman–Crippen LogP) is 3.48. The van der Waals surface area contributed by atoms with Crippen LogP contribution in [0.4, 0.5) is 4.39 Å². The van der Waals surface area contributed by atoms with E-state index in [-0.39, 0.29) is 29.8 Å². The lowest BCUT2D eigenvalue weighted by atomic mass is 9.96. The quantitative estimate of drug-likeness (QED) is 0.457. The molecule has 0 atom stereocenters. The van der Waals surface area contributed by atoms with E-state index in [1.165, 1.54) is 44.2 Å². The van der Waals surface area contributed by atoms with Crippen LogP contribution in [0.1, 0.15) is 37.7 Å². The van der Waals surface area contributed by atoms with Crippen LogP contribution in [-0.4, -0.2) is 25.6 Å². The lowest BCUT2D eigenvalue weighted by molar-refractivity contribution is 0.410. The Bertz CT molecular complexity index is 428. The molecular formula is C16H25FIN3. The number of nitrogens with one attached hydrogen (secondary N) is 2. The molecule has 0 unspecified atom stereocenters. The van der Waals surface area contributed by atoms with E-state index in [2.05, 4.69) is 15.6 Å². The average molecular weight is 405 g/mol. The van der Waals surface area contributed by atoms with Gasteiger partial charge in [0.25, 0.3) is 0 Å². The maximum absolute atomic E-state index is 12.8. The van der Waals surface area contributed by atoms with Gasteiger partial charge in [-0.1, -0.05) is 31.4 Å². The third kappa shape index (κ3) is 6.63. The minimum absolute atomic E-state index is 0. The molecule has 3 nitrogen and oxygen atoms in total. The van der Waals surface area contributed by atoms with E-state index < -0.39 is 0 Å². The van der Waals surface area contributed by atoms with Gasteiger partial charge in [0.15, 0.2) is 5.96 Å². The fourth-order valence-corrected chi connectivity index (χ4v) is 2.61. The Balaban J connectivity index is 0.00000220. The number of hydrogen-bond acceptors (Lipinski definition) is 1. The van der Waals surface area contributed by atoms with Crippen molar-refractivity contribution in [2.24, 2.45) is 4.99 Å². The van der Waals surface area contributed by atoms with Gasteiger partial charge in [-0.05, 0) is 37.0 Å². The van der Waals surface area contributed by atoms with Gasteiger partial charge in [-0.2, -0.15) is 0 Å². The predicted molar refractivity (Wildman–Crippen MR) is 96.9 cm³/mol. The molecule has 1 aromatic carbocycles. The minimum Gasteiger partial charge on any atom is -0.356 e. The van der Waals surface area contributed by atoms with Gasteiger partial charge < -0.3 is 10.6 Å². The van der Waals surface area contributed by atoms with Gasteiger partial charge in [-0.15, -0.1) is 24.0 Å². The zero-order valence-electron chi connectivity index (χ0n) is 12.6. The van der Waals surface area contributed by atoms with Gasteiger partial charge in [0, 0.05) is 19.6 Å². The highest BCUT2D eigenvalue weighted by atomic mass is 127.